The zero-order valence-corrected chi connectivity index (χ0v) is 19.6. The van der Waals surface area contributed by atoms with Crippen LogP contribution >= 0.6 is 0 Å². The number of aliphatic hydroxyl groups excluding tert-OH is 1. The molecule has 3 N–H and O–H groups in total. The second kappa shape index (κ2) is 9.48. The molecule has 1 amide bonds. The molecule has 0 unspecified atom stereocenters. The van der Waals surface area contributed by atoms with E-state index in [1.807, 2.05) is 6.92 Å². The third kappa shape index (κ3) is 5.17. The van der Waals surface area contributed by atoms with Crippen molar-refractivity contribution in [1.82, 2.24) is 20.1 Å². The molecule has 1 aromatic carbocycles. The van der Waals surface area contributed by atoms with Gasteiger partial charge in [-0.05, 0) is 50.3 Å². The number of nitrogens with zero attached hydrogens (tertiary/aromatic N) is 3. The van der Waals surface area contributed by atoms with Crippen LogP contribution in [0.1, 0.15) is 48.5 Å². The third-order valence-electron chi connectivity index (χ3n) is 6.01. The van der Waals surface area contributed by atoms with E-state index in [1.54, 1.807) is 29.2 Å². The Balaban J connectivity index is 1.58. The molecule has 176 valence electrons. The average molecular weight is 472 g/mol. The summed E-state index contributed by atoms with van der Waals surface area (Å²) in [5, 5.41) is 21.6. The van der Waals surface area contributed by atoms with E-state index in [2.05, 4.69) is 20.7 Å². The second-order valence-electron chi connectivity index (χ2n) is 8.50. The van der Waals surface area contributed by atoms with E-state index in [0.717, 1.165) is 36.5 Å². The zero-order valence-electron chi connectivity index (χ0n) is 18.8. The molecule has 33 heavy (non-hydrogen) atoms. The number of aromatic nitrogens is 3. The molecule has 0 radical (unpaired) electrons. The van der Waals surface area contributed by atoms with Crippen molar-refractivity contribution in [3.05, 3.63) is 47.8 Å². The average Bonchev–Trinajstić information content (AvgIpc) is 3.21. The van der Waals surface area contributed by atoms with Crippen LogP contribution in [0.2, 0.25) is 0 Å². The van der Waals surface area contributed by atoms with Crippen LogP contribution < -0.4 is 10.6 Å². The molecule has 3 aromatic rings. The molecule has 0 bridgehead atoms. The van der Waals surface area contributed by atoms with Crippen LogP contribution in [0.5, 0.6) is 0 Å². The molecular formula is C23H29N5O4S. The minimum absolute atomic E-state index is 0.0550. The Kier molecular flexibility index (Phi) is 6.66. The first kappa shape index (κ1) is 23.2. The summed E-state index contributed by atoms with van der Waals surface area (Å²) in [6.07, 6.45) is 7.34. The van der Waals surface area contributed by atoms with Gasteiger partial charge in [0.1, 0.15) is 0 Å². The highest BCUT2D eigenvalue weighted by Gasteiger charge is 2.24. The van der Waals surface area contributed by atoms with Gasteiger partial charge in [-0.3, -0.25) is 4.79 Å². The van der Waals surface area contributed by atoms with E-state index < -0.39 is 9.84 Å². The number of aryl methyl sites for hydroxylation is 1. The summed E-state index contributed by atoms with van der Waals surface area (Å²) in [5.41, 5.74) is 2.56. The van der Waals surface area contributed by atoms with E-state index in [0.29, 0.717) is 29.9 Å². The molecule has 9 nitrogen and oxygen atoms in total. The summed E-state index contributed by atoms with van der Waals surface area (Å²) >= 11 is 0. The van der Waals surface area contributed by atoms with E-state index in [-0.39, 0.29) is 29.5 Å². The van der Waals surface area contributed by atoms with Gasteiger partial charge in [0.15, 0.2) is 15.5 Å². The topological polar surface area (TPSA) is 126 Å². The maximum absolute atomic E-state index is 13.1. The lowest BCUT2D eigenvalue weighted by Crippen LogP contribution is -2.31. The molecule has 1 saturated carbocycles. The predicted octanol–water partition coefficient (Wildman–Crippen LogP) is 2.50. The number of sulfone groups is 1. The van der Waals surface area contributed by atoms with Gasteiger partial charge >= 0.3 is 0 Å². The highest BCUT2D eigenvalue weighted by molar-refractivity contribution is 7.90. The highest BCUT2D eigenvalue weighted by Crippen LogP contribution is 2.30. The SMILES string of the molecule is CCn1ncc2c(N[C@H]3CCC[C@@H](O)C3)c(C(=O)NCc3ccc(S(C)(=O)=O)cc3)cnc21. The Morgan fingerprint density at radius 3 is 2.64 bits per heavy atom. The van der Waals surface area contributed by atoms with Crippen LogP contribution in [0.4, 0.5) is 5.69 Å². The lowest BCUT2D eigenvalue weighted by atomic mass is 9.92. The van der Waals surface area contributed by atoms with Crippen LogP contribution in [0.3, 0.4) is 0 Å². The normalized spacial score (nSPS) is 18.9. The van der Waals surface area contributed by atoms with E-state index >= 15 is 0 Å². The van der Waals surface area contributed by atoms with Gasteiger partial charge < -0.3 is 15.7 Å². The van der Waals surface area contributed by atoms with Crippen molar-refractivity contribution in [2.45, 2.75) is 62.7 Å². The maximum atomic E-state index is 13.1. The van der Waals surface area contributed by atoms with Gasteiger partial charge in [0.2, 0.25) is 0 Å². The monoisotopic (exact) mass is 471 g/mol. The second-order valence-corrected chi connectivity index (χ2v) is 10.5. The van der Waals surface area contributed by atoms with Gasteiger partial charge in [0, 0.05) is 31.6 Å². The number of benzene rings is 1. The Morgan fingerprint density at radius 2 is 1.97 bits per heavy atom. The molecule has 0 spiro atoms. The first-order valence-corrected chi connectivity index (χ1v) is 13.0. The smallest absolute Gasteiger partial charge is 0.255 e. The number of fused-ring (bicyclic) bond motifs is 1. The summed E-state index contributed by atoms with van der Waals surface area (Å²) in [4.78, 5) is 17.8. The Hall–Kier alpha value is -2.98. The molecule has 2 heterocycles. The Labute approximate surface area is 193 Å². The molecule has 2 aromatic heterocycles. The summed E-state index contributed by atoms with van der Waals surface area (Å²) in [7, 11) is -3.27. The molecule has 2 atom stereocenters. The van der Waals surface area contributed by atoms with Crippen LogP contribution in [-0.4, -0.2) is 52.6 Å². The standard InChI is InChI=1S/C23H29N5O4S/c1-3-28-22-19(14-26-28)21(27-16-5-4-6-17(29)11-16)20(13-24-22)23(30)25-12-15-7-9-18(10-8-15)33(2,31)32/h7-10,13-14,16-17,29H,3-6,11-12H2,1-2H3,(H,24,27)(H,25,30)/t16-,17+/m0/s1. The quantitative estimate of drug-likeness (QED) is 0.483. The number of aliphatic hydroxyl groups is 1. The summed E-state index contributed by atoms with van der Waals surface area (Å²) in [5.74, 6) is -0.292. The van der Waals surface area contributed by atoms with Crippen molar-refractivity contribution in [2.75, 3.05) is 11.6 Å². The summed E-state index contributed by atoms with van der Waals surface area (Å²) in [6.45, 7) is 2.89. The zero-order chi connectivity index (χ0) is 23.6. The number of rotatable bonds is 7. The van der Waals surface area contributed by atoms with Crippen LogP contribution in [0.25, 0.3) is 11.0 Å². The van der Waals surface area contributed by atoms with Crippen molar-refractivity contribution in [1.29, 1.82) is 0 Å². The largest absolute Gasteiger partial charge is 0.393 e. The van der Waals surface area contributed by atoms with Gasteiger partial charge in [-0.1, -0.05) is 12.1 Å². The van der Waals surface area contributed by atoms with Gasteiger partial charge in [-0.25, -0.2) is 18.1 Å². The molecule has 10 heteroatoms. The van der Waals surface area contributed by atoms with Crippen molar-refractivity contribution in [3.63, 3.8) is 0 Å². The molecule has 1 fully saturated rings. The number of pyridine rings is 1. The fraction of sp³-hybridized carbons (Fsp3) is 0.435. The van der Waals surface area contributed by atoms with Crippen molar-refractivity contribution in [3.8, 4) is 0 Å². The number of anilines is 1. The van der Waals surface area contributed by atoms with Crippen molar-refractivity contribution < 1.29 is 18.3 Å². The highest BCUT2D eigenvalue weighted by atomic mass is 32.2. The first-order chi connectivity index (χ1) is 15.8. The van der Waals surface area contributed by atoms with Crippen molar-refractivity contribution >= 4 is 32.5 Å². The summed E-state index contributed by atoms with van der Waals surface area (Å²) in [6, 6.07) is 6.49. The number of carbonyl (C=O) groups is 1. The Bertz CT molecular complexity index is 1250. The summed E-state index contributed by atoms with van der Waals surface area (Å²) < 4.78 is 25.1. The lowest BCUT2D eigenvalue weighted by molar-refractivity contribution is 0.0951. The minimum Gasteiger partial charge on any atom is -0.393 e. The van der Waals surface area contributed by atoms with Gasteiger partial charge in [-0.2, -0.15) is 5.10 Å². The number of carbonyl (C=O) groups excluding carboxylic acids is 1. The van der Waals surface area contributed by atoms with Crippen LogP contribution in [0, 0.1) is 0 Å². The van der Waals surface area contributed by atoms with Gasteiger partial charge in [0.05, 0.1) is 33.8 Å². The van der Waals surface area contributed by atoms with Crippen LogP contribution in [-0.2, 0) is 22.9 Å². The van der Waals surface area contributed by atoms with Crippen LogP contribution in [0.15, 0.2) is 41.6 Å². The maximum Gasteiger partial charge on any atom is 0.255 e. The minimum atomic E-state index is -3.27. The molecular weight excluding hydrogens is 442 g/mol. The molecule has 4 rings (SSSR count). The predicted molar refractivity (Wildman–Crippen MR) is 126 cm³/mol. The van der Waals surface area contributed by atoms with Gasteiger partial charge in [-0.15, -0.1) is 0 Å². The van der Waals surface area contributed by atoms with E-state index in [4.69, 9.17) is 0 Å². The molecule has 0 aliphatic heterocycles. The Morgan fingerprint density at radius 1 is 1.21 bits per heavy atom. The van der Waals surface area contributed by atoms with Gasteiger partial charge in [0.25, 0.3) is 5.91 Å². The number of amides is 1. The lowest BCUT2D eigenvalue weighted by Gasteiger charge is -2.28. The molecule has 0 saturated heterocycles. The number of nitrogens with one attached hydrogen (secondary N) is 2. The fourth-order valence-electron chi connectivity index (χ4n) is 4.22. The van der Waals surface area contributed by atoms with Crippen molar-refractivity contribution in [2.24, 2.45) is 0 Å². The third-order valence-corrected chi connectivity index (χ3v) is 7.14. The number of hydrogen-bond donors (Lipinski definition) is 3. The fourth-order valence-corrected chi connectivity index (χ4v) is 4.85. The van der Waals surface area contributed by atoms with E-state index in [9.17, 15) is 18.3 Å². The first-order valence-electron chi connectivity index (χ1n) is 11.1. The molecule has 1 aliphatic rings. The molecule has 1 aliphatic carbocycles. The van der Waals surface area contributed by atoms with E-state index in [1.165, 1.54) is 12.1 Å². The number of hydrogen-bond acceptors (Lipinski definition) is 7.